The lowest BCUT2D eigenvalue weighted by atomic mass is 9.90. The molecule has 3 aliphatic heterocycles. The minimum Gasteiger partial charge on any atom is -0.497 e. The van der Waals surface area contributed by atoms with Gasteiger partial charge in [-0.2, -0.15) is 0 Å². The number of hydrogen-bond acceptors (Lipinski definition) is 15. The minimum atomic E-state index is -1.78. The maximum absolute atomic E-state index is 11.5. The Morgan fingerprint density at radius 2 is 1.20 bits per heavy atom. The predicted octanol–water partition coefficient (Wildman–Crippen LogP) is -1.77. The van der Waals surface area contributed by atoms with Gasteiger partial charge >= 0.3 is 0 Å². The predicted molar refractivity (Wildman–Crippen MR) is 151 cm³/mol. The van der Waals surface area contributed by atoms with Crippen LogP contribution in [0.3, 0.4) is 0 Å². The fraction of sp³-hybridized carbons (Fsp3) is 0.600. The van der Waals surface area contributed by atoms with Crippen molar-refractivity contribution in [3.63, 3.8) is 0 Å². The summed E-state index contributed by atoms with van der Waals surface area (Å²) in [4.78, 5) is 0. The van der Waals surface area contributed by atoms with Gasteiger partial charge in [-0.3, -0.25) is 0 Å². The molecule has 3 aliphatic rings. The molecule has 2 saturated heterocycles. The van der Waals surface area contributed by atoms with Crippen LogP contribution in [-0.4, -0.2) is 128 Å². The average molecular weight is 641 g/mol. The van der Waals surface area contributed by atoms with Crippen molar-refractivity contribution in [1.82, 2.24) is 0 Å². The van der Waals surface area contributed by atoms with E-state index in [0.717, 1.165) is 0 Å². The smallest absolute Gasteiger partial charge is 0.229 e. The standard InChI is InChI=1S/C30H40O15/c1-11-26(44-29-24(38)22(36)20(34)17(9-31)42-29)12(2)28(45-30-25(39)23(37)21(35)18(10-32)43-30)19-15(33)8-16(41-27(11)19)13-4-6-14(40-3)7-5-13/h4-7,15-18,20-25,29-39H,8-10H2,1-3H3/t15-,16+,17-,18-,20-,21-,22-,23-,24-,25-,29+,30+/m0/s1. The Kier molecular flexibility index (Phi) is 10.1. The Balaban J connectivity index is 1.58. The summed E-state index contributed by atoms with van der Waals surface area (Å²) in [5.41, 5.74) is 1.41. The van der Waals surface area contributed by atoms with E-state index in [1.54, 1.807) is 31.2 Å². The first-order valence-electron chi connectivity index (χ1n) is 14.5. The van der Waals surface area contributed by atoms with E-state index in [1.807, 2.05) is 0 Å². The van der Waals surface area contributed by atoms with E-state index >= 15 is 0 Å². The van der Waals surface area contributed by atoms with Gasteiger partial charge in [-0.05, 0) is 31.5 Å². The number of benzene rings is 2. The van der Waals surface area contributed by atoms with Crippen LogP contribution >= 0.6 is 0 Å². The molecule has 3 heterocycles. The van der Waals surface area contributed by atoms with Crippen LogP contribution in [0.5, 0.6) is 23.0 Å². The summed E-state index contributed by atoms with van der Waals surface area (Å²) < 4.78 is 34.8. The molecule has 12 atom stereocenters. The number of aliphatic hydroxyl groups is 9. The SMILES string of the molecule is COc1ccc([C@H]2C[C@H](O)c3c(O[C@H]4O[C@@H](CO)[C@H](O)[C@H](O)[C@@H]4O)c(C)c(O[C@H]4O[C@@H](CO)[C@H](O)[C@H](O)[C@@H]4O)c(C)c3O2)cc1. The highest BCUT2D eigenvalue weighted by Gasteiger charge is 2.48. The normalized spacial score (nSPS) is 36.5. The maximum atomic E-state index is 11.5. The van der Waals surface area contributed by atoms with Gasteiger partial charge in [0.15, 0.2) is 0 Å². The molecule has 0 bridgehead atoms. The van der Waals surface area contributed by atoms with Crippen molar-refractivity contribution in [1.29, 1.82) is 0 Å². The topological polar surface area (TPSA) is 237 Å². The third-order valence-electron chi connectivity index (χ3n) is 8.53. The number of ether oxygens (including phenoxy) is 6. The second-order valence-corrected chi connectivity index (χ2v) is 11.4. The van der Waals surface area contributed by atoms with Crippen molar-refractivity contribution in [2.75, 3.05) is 20.3 Å². The lowest BCUT2D eigenvalue weighted by Gasteiger charge is -2.42. The zero-order chi connectivity index (χ0) is 32.7. The Morgan fingerprint density at radius 3 is 1.69 bits per heavy atom. The van der Waals surface area contributed by atoms with Gasteiger partial charge in [0.2, 0.25) is 12.6 Å². The summed E-state index contributed by atoms with van der Waals surface area (Å²) in [6.07, 6.45) is -17.8. The van der Waals surface area contributed by atoms with Gasteiger partial charge < -0.3 is 74.4 Å². The molecular weight excluding hydrogens is 600 g/mol. The maximum Gasteiger partial charge on any atom is 0.229 e. The van der Waals surface area contributed by atoms with Gasteiger partial charge in [0.25, 0.3) is 0 Å². The van der Waals surface area contributed by atoms with E-state index < -0.39 is 86.8 Å². The Labute approximate surface area is 258 Å². The first-order chi connectivity index (χ1) is 21.4. The lowest BCUT2D eigenvalue weighted by Crippen LogP contribution is -2.60. The fourth-order valence-corrected chi connectivity index (χ4v) is 5.87. The van der Waals surface area contributed by atoms with Crippen LogP contribution < -0.4 is 18.9 Å². The fourth-order valence-electron chi connectivity index (χ4n) is 5.87. The summed E-state index contributed by atoms with van der Waals surface area (Å²) >= 11 is 0. The summed E-state index contributed by atoms with van der Waals surface area (Å²) in [6, 6.07) is 7.04. The van der Waals surface area contributed by atoms with Crippen LogP contribution in [0, 0.1) is 13.8 Å². The van der Waals surface area contributed by atoms with Crippen molar-refractivity contribution in [2.24, 2.45) is 0 Å². The molecular formula is C30H40O15. The highest BCUT2D eigenvalue weighted by Crippen LogP contribution is 2.53. The van der Waals surface area contributed by atoms with Gasteiger partial charge in [0.05, 0.1) is 32.0 Å². The van der Waals surface area contributed by atoms with Gasteiger partial charge in [-0.15, -0.1) is 0 Å². The second-order valence-electron chi connectivity index (χ2n) is 11.4. The van der Waals surface area contributed by atoms with E-state index in [0.29, 0.717) is 16.9 Å². The zero-order valence-corrected chi connectivity index (χ0v) is 24.8. The molecule has 15 nitrogen and oxygen atoms in total. The molecule has 0 aliphatic carbocycles. The van der Waals surface area contributed by atoms with Gasteiger partial charge in [-0.25, -0.2) is 0 Å². The van der Waals surface area contributed by atoms with E-state index in [4.69, 9.17) is 28.4 Å². The van der Waals surface area contributed by atoms with Crippen LogP contribution in [-0.2, 0) is 9.47 Å². The highest BCUT2D eigenvalue weighted by atomic mass is 16.7. The number of hydrogen-bond donors (Lipinski definition) is 9. The molecule has 0 spiro atoms. The molecule has 2 aromatic carbocycles. The Hall–Kier alpha value is -2.80. The first kappa shape index (κ1) is 33.6. The third kappa shape index (κ3) is 6.18. The molecule has 2 fully saturated rings. The van der Waals surface area contributed by atoms with Crippen LogP contribution in [0.1, 0.15) is 40.9 Å². The van der Waals surface area contributed by atoms with Gasteiger partial charge in [0, 0.05) is 17.5 Å². The van der Waals surface area contributed by atoms with Crippen molar-refractivity contribution < 1.29 is 74.4 Å². The van der Waals surface area contributed by atoms with Gasteiger partial charge in [0.1, 0.15) is 77.9 Å². The molecule has 9 N–H and O–H groups in total. The summed E-state index contributed by atoms with van der Waals surface area (Å²) in [7, 11) is 1.53. The van der Waals surface area contributed by atoms with Gasteiger partial charge in [-0.1, -0.05) is 12.1 Å². The number of fused-ring (bicyclic) bond motifs is 1. The zero-order valence-electron chi connectivity index (χ0n) is 24.8. The second kappa shape index (κ2) is 13.5. The quantitative estimate of drug-likeness (QED) is 0.155. The highest BCUT2D eigenvalue weighted by molar-refractivity contribution is 5.63. The third-order valence-corrected chi connectivity index (χ3v) is 8.53. The molecule has 0 amide bonds. The number of aliphatic hydroxyl groups excluding tert-OH is 9. The summed E-state index contributed by atoms with van der Waals surface area (Å²) in [5.74, 6) is 0.674. The van der Waals surface area contributed by atoms with Crippen LogP contribution in [0.15, 0.2) is 24.3 Å². The Bertz CT molecular complexity index is 1320. The van der Waals surface area contributed by atoms with Crippen molar-refractivity contribution in [2.45, 2.75) is 93.9 Å². The largest absolute Gasteiger partial charge is 0.497 e. The van der Waals surface area contributed by atoms with E-state index in [-0.39, 0.29) is 34.8 Å². The van der Waals surface area contributed by atoms with E-state index in [2.05, 4.69) is 0 Å². The lowest BCUT2D eigenvalue weighted by molar-refractivity contribution is -0.279. The molecule has 250 valence electrons. The average Bonchev–Trinajstić information content (AvgIpc) is 3.04. The molecule has 0 unspecified atom stereocenters. The molecule has 45 heavy (non-hydrogen) atoms. The van der Waals surface area contributed by atoms with Crippen molar-refractivity contribution in [3.05, 3.63) is 46.5 Å². The number of rotatable bonds is 8. The van der Waals surface area contributed by atoms with Crippen LogP contribution in [0.2, 0.25) is 0 Å². The summed E-state index contributed by atoms with van der Waals surface area (Å²) in [5, 5.41) is 93.3. The minimum absolute atomic E-state index is 0.0141. The van der Waals surface area contributed by atoms with E-state index in [9.17, 15) is 46.0 Å². The molecule has 15 heteroatoms. The monoisotopic (exact) mass is 640 g/mol. The molecule has 0 radical (unpaired) electrons. The molecule has 5 rings (SSSR count). The van der Waals surface area contributed by atoms with Crippen molar-refractivity contribution >= 4 is 0 Å². The molecule has 0 aromatic heterocycles. The van der Waals surface area contributed by atoms with Crippen LogP contribution in [0.4, 0.5) is 0 Å². The van der Waals surface area contributed by atoms with E-state index in [1.165, 1.54) is 14.0 Å². The Morgan fingerprint density at radius 1 is 0.689 bits per heavy atom. The number of methoxy groups -OCH3 is 1. The summed E-state index contributed by atoms with van der Waals surface area (Å²) in [6.45, 7) is 1.77. The van der Waals surface area contributed by atoms with Crippen LogP contribution in [0.25, 0.3) is 0 Å². The molecule has 2 aromatic rings. The van der Waals surface area contributed by atoms with Crippen molar-refractivity contribution in [3.8, 4) is 23.0 Å². The first-order valence-corrected chi connectivity index (χ1v) is 14.5. The molecule has 0 saturated carbocycles.